The maximum Gasteiger partial charge on any atom is 0.408 e. The molecule has 1 atom stereocenters. The van der Waals surface area contributed by atoms with Gasteiger partial charge in [0, 0.05) is 13.1 Å². The number of hydrogen-bond acceptors (Lipinski definition) is 3. The molecule has 2 N–H and O–H groups in total. The van der Waals surface area contributed by atoms with Crippen LogP contribution >= 0.6 is 0 Å². The number of amides is 1. The molecule has 0 aromatic rings. The second-order valence-corrected chi connectivity index (χ2v) is 4.11. The largest absolute Gasteiger partial charge is 0.479 e. The van der Waals surface area contributed by atoms with Gasteiger partial charge >= 0.3 is 12.1 Å². The van der Waals surface area contributed by atoms with E-state index in [9.17, 15) is 14.7 Å². The Bertz CT molecular complexity index is 279. The Hall–Kier alpha value is -1.30. The summed E-state index contributed by atoms with van der Waals surface area (Å²) >= 11 is 0. The smallest absolute Gasteiger partial charge is 0.408 e. The predicted molar refractivity (Wildman–Crippen MR) is 52.9 cm³/mol. The molecule has 1 unspecified atom stereocenters. The molecule has 15 heavy (non-hydrogen) atoms. The minimum absolute atomic E-state index is 0.217. The van der Waals surface area contributed by atoms with E-state index in [1.54, 1.807) is 19.0 Å². The summed E-state index contributed by atoms with van der Waals surface area (Å²) in [4.78, 5) is 24.9. The van der Waals surface area contributed by atoms with Crippen LogP contribution in [0.3, 0.4) is 0 Å². The first kappa shape index (κ1) is 11.8. The molecule has 0 radical (unpaired) electrons. The molecule has 1 rings (SSSR count). The highest BCUT2D eigenvalue weighted by Gasteiger charge is 2.50. The van der Waals surface area contributed by atoms with Gasteiger partial charge in [-0.3, -0.25) is 4.90 Å². The fraction of sp³-hybridized carbons (Fsp3) is 0.778. The molecule has 0 saturated carbocycles. The molecule has 6 heteroatoms. The Labute approximate surface area is 88.1 Å². The second-order valence-electron chi connectivity index (χ2n) is 4.11. The highest BCUT2D eigenvalue weighted by atomic mass is 16.4. The van der Waals surface area contributed by atoms with Crippen LogP contribution in [0.15, 0.2) is 0 Å². The van der Waals surface area contributed by atoms with Crippen molar-refractivity contribution in [1.82, 2.24) is 9.80 Å². The molecule has 1 aliphatic heterocycles. The van der Waals surface area contributed by atoms with Crippen molar-refractivity contribution in [2.24, 2.45) is 0 Å². The fourth-order valence-corrected chi connectivity index (χ4v) is 2.13. The third-order valence-corrected chi connectivity index (χ3v) is 2.70. The van der Waals surface area contributed by atoms with E-state index in [2.05, 4.69) is 0 Å². The maximum atomic E-state index is 11.2. The van der Waals surface area contributed by atoms with Gasteiger partial charge in [-0.25, -0.2) is 9.59 Å². The number of rotatable bonds is 3. The van der Waals surface area contributed by atoms with Crippen molar-refractivity contribution >= 4 is 12.1 Å². The van der Waals surface area contributed by atoms with Crippen LogP contribution in [0.1, 0.15) is 12.8 Å². The van der Waals surface area contributed by atoms with Crippen LogP contribution in [-0.2, 0) is 4.79 Å². The summed E-state index contributed by atoms with van der Waals surface area (Å²) in [6.45, 7) is 0.518. The zero-order chi connectivity index (χ0) is 11.6. The average molecular weight is 216 g/mol. The molecule has 0 bridgehead atoms. The Kier molecular flexibility index (Phi) is 3.18. The third-order valence-electron chi connectivity index (χ3n) is 2.70. The molecule has 1 saturated heterocycles. The molecule has 6 nitrogen and oxygen atoms in total. The molecule has 86 valence electrons. The van der Waals surface area contributed by atoms with Crippen molar-refractivity contribution in [2.45, 2.75) is 18.4 Å². The topological polar surface area (TPSA) is 81.1 Å². The molecule has 0 aromatic carbocycles. The first-order valence-electron chi connectivity index (χ1n) is 4.79. The lowest BCUT2D eigenvalue weighted by molar-refractivity contribution is -0.149. The number of carboxylic acids is 1. The monoisotopic (exact) mass is 216 g/mol. The summed E-state index contributed by atoms with van der Waals surface area (Å²) in [5.41, 5.74) is -1.27. The summed E-state index contributed by atoms with van der Waals surface area (Å²) < 4.78 is 0. The molecule has 0 spiro atoms. The highest BCUT2D eigenvalue weighted by molar-refractivity contribution is 5.85. The van der Waals surface area contributed by atoms with Gasteiger partial charge in [0.25, 0.3) is 0 Å². The van der Waals surface area contributed by atoms with Crippen LogP contribution in [0.5, 0.6) is 0 Å². The van der Waals surface area contributed by atoms with Gasteiger partial charge in [-0.15, -0.1) is 0 Å². The number of hydrogen-bond donors (Lipinski definition) is 2. The van der Waals surface area contributed by atoms with Gasteiger partial charge in [-0.05, 0) is 26.9 Å². The van der Waals surface area contributed by atoms with Gasteiger partial charge in [0.15, 0.2) is 5.54 Å². The Morgan fingerprint density at radius 3 is 2.40 bits per heavy atom. The zero-order valence-electron chi connectivity index (χ0n) is 8.93. The van der Waals surface area contributed by atoms with Crippen LogP contribution in [0.25, 0.3) is 0 Å². The lowest BCUT2D eigenvalue weighted by atomic mass is 9.96. The van der Waals surface area contributed by atoms with Crippen molar-refractivity contribution in [1.29, 1.82) is 0 Å². The lowest BCUT2D eigenvalue weighted by Gasteiger charge is -2.34. The molecule has 0 aliphatic carbocycles. The Balaban J connectivity index is 2.98. The van der Waals surface area contributed by atoms with Gasteiger partial charge in [0.2, 0.25) is 0 Å². The van der Waals surface area contributed by atoms with Crippen molar-refractivity contribution in [3.8, 4) is 0 Å². The highest BCUT2D eigenvalue weighted by Crippen LogP contribution is 2.30. The average Bonchev–Trinajstić information content (AvgIpc) is 2.47. The van der Waals surface area contributed by atoms with E-state index in [0.717, 1.165) is 4.90 Å². The minimum atomic E-state index is -1.27. The fourth-order valence-electron chi connectivity index (χ4n) is 2.13. The predicted octanol–water partition coefficient (Wildman–Crippen LogP) is 0.145. The van der Waals surface area contributed by atoms with E-state index in [-0.39, 0.29) is 6.54 Å². The zero-order valence-corrected chi connectivity index (χ0v) is 8.93. The summed E-state index contributed by atoms with van der Waals surface area (Å²) in [6.07, 6.45) is -0.170. The lowest BCUT2D eigenvalue weighted by Crippen LogP contribution is -2.58. The Morgan fingerprint density at radius 1 is 1.40 bits per heavy atom. The SMILES string of the molecule is CN(C)CC1(C(=O)O)CCCN1C(=O)O. The Morgan fingerprint density at radius 2 is 2.00 bits per heavy atom. The number of carbonyl (C=O) groups is 2. The van der Waals surface area contributed by atoms with Gasteiger partial charge in [-0.2, -0.15) is 0 Å². The normalized spacial score (nSPS) is 25.9. The standard InChI is InChI=1S/C9H16N2O4/c1-10(2)6-9(7(12)13)4-3-5-11(9)8(14)15/h3-6H2,1-2H3,(H,12,13)(H,14,15). The van der Waals surface area contributed by atoms with E-state index in [0.29, 0.717) is 19.4 Å². The van der Waals surface area contributed by atoms with Crippen LogP contribution in [0.2, 0.25) is 0 Å². The number of nitrogens with zero attached hydrogens (tertiary/aromatic N) is 2. The first-order valence-corrected chi connectivity index (χ1v) is 4.79. The number of likely N-dealkylation sites (tertiary alicyclic amines) is 1. The first-order chi connectivity index (χ1) is 6.90. The van der Waals surface area contributed by atoms with Crippen molar-refractivity contribution in [3.63, 3.8) is 0 Å². The third kappa shape index (κ3) is 2.04. The summed E-state index contributed by atoms with van der Waals surface area (Å²) in [6, 6.07) is 0. The van der Waals surface area contributed by atoms with Gasteiger partial charge in [-0.1, -0.05) is 0 Å². The van der Waals surface area contributed by atoms with E-state index in [4.69, 9.17) is 5.11 Å². The summed E-state index contributed by atoms with van der Waals surface area (Å²) in [7, 11) is 3.48. The van der Waals surface area contributed by atoms with E-state index >= 15 is 0 Å². The molecule has 1 amide bonds. The van der Waals surface area contributed by atoms with Crippen molar-refractivity contribution in [3.05, 3.63) is 0 Å². The molecular weight excluding hydrogens is 200 g/mol. The van der Waals surface area contributed by atoms with Crippen molar-refractivity contribution in [2.75, 3.05) is 27.2 Å². The minimum Gasteiger partial charge on any atom is -0.479 e. The number of carboxylic acid groups (broad SMARTS) is 2. The van der Waals surface area contributed by atoms with Crippen LogP contribution in [0, 0.1) is 0 Å². The van der Waals surface area contributed by atoms with Crippen LogP contribution in [-0.4, -0.2) is 64.8 Å². The van der Waals surface area contributed by atoms with E-state index < -0.39 is 17.6 Å². The number of likely N-dealkylation sites (N-methyl/N-ethyl adjacent to an activating group) is 1. The van der Waals surface area contributed by atoms with Gasteiger partial charge in [0.1, 0.15) is 0 Å². The molecule has 0 aromatic heterocycles. The summed E-state index contributed by atoms with van der Waals surface area (Å²) in [5.74, 6) is -1.06. The van der Waals surface area contributed by atoms with Gasteiger partial charge < -0.3 is 15.1 Å². The van der Waals surface area contributed by atoms with E-state index in [1.165, 1.54) is 0 Å². The molecule has 1 fully saturated rings. The molecule has 1 heterocycles. The van der Waals surface area contributed by atoms with Gasteiger partial charge in [0.05, 0.1) is 0 Å². The van der Waals surface area contributed by atoms with Crippen LogP contribution < -0.4 is 0 Å². The maximum absolute atomic E-state index is 11.2. The quantitative estimate of drug-likeness (QED) is 0.701. The number of aliphatic carboxylic acids is 1. The second kappa shape index (κ2) is 4.06. The van der Waals surface area contributed by atoms with Crippen LogP contribution in [0.4, 0.5) is 4.79 Å². The van der Waals surface area contributed by atoms with E-state index in [1.807, 2.05) is 0 Å². The molecule has 1 aliphatic rings. The van der Waals surface area contributed by atoms with Crippen molar-refractivity contribution < 1.29 is 19.8 Å². The summed E-state index contributed by atoms with van der Waals surface area (Å²) in [5, 5.41) is 18.2. The molecular formula is C9H16N2O4.